The second kappa shape index (κ2) is 6.36. The van der Waals surface area contributed by atoms with Gasteiger partial charge in [0.1, 0.15) is 17.3 Å². The highest BCUT2D eigenvalue weighted by molar-refractivity contribution is 5.40. The fourth-order valence-corrected chi connectivity index (χ4v) is 2.46. The Balaban J connectivity index is 1.89. The molecule has 0 aliphatic heterocycles. The van der Waals surface area contributed by atoms with Gasteiger partial charge in [0, 0.05) is 12.4 Å². The molecule has 0 fully saturated rings. The second-order valence-electron chi connectivity index (χ2n) is 5.15. The van der Waals surface area contributed by atoms with E-state index in [0.717, 1.165) is 29.4 Å². The largest absolute Gasteiger partial charge is 0.453 e. The van der Waals surface area contributed by atoms with Gasteiger partial charge in [-0.2, -0.15) is 10.4 Å². The van der Waals surface area contributed by atoms with Crippen LogP contribution in [0.25, 0.3) is 0 Å². The minimum atomic E-state index is 0.577. The Morgan fingerprint density at radius 2 is 2.09 bits per heavy atom. The van der Waals surface area contributed by atoms with Crippen molar-refractivity contribution in [1.29, 1.82) is 5.26 Å². The molecule has 0 bridgehead atoms. The van der Waals surface area contributed by atoms with Crippen LogP contribution in [0.4, 0.5) is 0 Å². The lowest BCUT2D eigenvalue weighted by atomic mass is 10.2. The molecular weight excluding hydrogens is 290 g/mol. The van der Waals surface area contributed by atoms with Crippen LogP contribution in [0.1, 0.15) is 29.7 Å². The highest BCUT2D eigenvalue weighted by Crippen LogP contribution is 2.29. The van der Waals surface area contributed by atoms with Gasteiger partial charge in [0.25, 0.3) is 0 Å². The van der Waals surface area contributed by atoms with Crippen molar-refractivity contribution in [3.63, 3.8) is 0 Å². The van der Waals surface area contributed by atoms with Crippen LogP contribution in [-0.2, 0) is 13.0 Å². The summed E-state index contributed by atoms with van der Waals surface area (Å²) in [4.78, 5) is 7.33. The smallest absolute Gasteiger partial charge is 0.171 e. The summed E-state index contributed by atoms with van der Waals surface area (Å²) >= 11 is 0. The van der Waals surface area contributed by atoms with E-state index in [9.17, 15) is 0 Å². The van der Waals surface area contributed by atoms with Crippen LogP contribution in [-0.4, -0.2) is 19.7 Å². The van der Waals surface area contributed by atoms with Crippen molar-refractivity contribution in [3.05, 3.63) is 59.4 Å². The second-order valence-corrected chi connectivity index (χ2v) is 5.15. The number of hydrogen-bond donors (Lipinski definition) is 1. The summed E-state index contributed by atoms with van der Waals surface area (Å²) in [5, 5.41) is 13.4. The Morgan fingerprint density at radius 3 is 2.70 bits per heavy atom. The zero-order chi connectivity index (χ0) is 16.2. The quantitative estimate of drug-likeness (QED) is 0.785. The van der Waals surface area contributed by atoms with E-state index in [2.05, 4.69) is 28.1 Å². The molecule has 0 atom stereocenters. The molecule has 2 aromatic heterocycles. The van der Waals surface area contributed by atoms with E-state index < -0.39 is 0 Å². The number of nitrogens with one attached hydrogen (secondary N) is 1. The van der Waals surface area contributed by atoms with Gasteiger partial charge in [-0.15, -0.1) is 0 Å². The maximum absolute atomic E-state index is 8.86. The number of aromatic amines is 1. The number of imidazole rings is 1. The van der Waals surface area contributed by atoms with Crippen molar-refractivity contribution < 1.29 is 4.74 Å². The van der Waals surface area contributed by atoms with Crippen LogP contribution in [0.3, 0.4) is 0 Å². The maximum atomic E-state index is 8.86. The Kier molecular flexibility index (Phi) is 4.11. The molecule has 0 unspecified atom stereocenters. The standard InChI is InChI=1S/C17H17N5O/c1-3-15-17(23-14-6-4-13(10-18)5-7-14)12(2)21-22(15)11-16-19-8-9-20-16/h4-9H,3,11H2,1-2H3,(H,19,20). The van der Waals surface area contributed by atoms with Crippen LogP contribution < -0.4 is 4.74 Å². The Labute approximate surface area is 134 Å². The molecular formula is C17H17N5O. The number of ether oxygens (including phenoxy) is 1. The van der Waals surface area contributed by atoms with E-state index in [0.29, 0.717) is 17.9 Å². The van der Waals surface area contributed by atoms with Gasteiger partial charge in [-0.25, -0.2) is 4.98 Å². The molecule has 0 spiro atoms. The highest BCUT2D eigenvalue weighted by atomic mass is 16.5. The predicted molar refractivity (Wildman–Crippen MR) is 85.3 cm³/mol. The fraction of sp³-hybridized carbons (Fsp3) is 0.235. The third kappa shape index (κ3) is 3.09. The molecule has 3 rings (SSSR count). The van der Waals surface area contributed by atoms with E-state index in [1.54, 1.807) is 36.7 Å². The zero-order valence-corrected chi connectivity index (χ0v) is 13.1. The van der Waals surface area contributed by atoms with Gasteiger partial charge >= 0.3 is 0 Å². The molecule has 0 aliphatic carbocycles. The predicted octanol–water partition coefficient (Wildman–Crippen LogP) is 3.19. The summed E-state index contributed by atoms with van der Waals surface area (Å²) in [5.41, 5.74) is 2.46. The van der Waals surface area contributed by atoms with E-state index in [-0.39, 0.29) is 0 Å². The molecule has 116 valence electrons. The van der Waals surface area contributed by atoms with Crippen molar-refractivity contribution >= 4 is 0 Å². The Bertz CT molecular complexity index is 825. The summed E-state index contributed by atoms with van der Waals surface area (Å²) in [6.07, 6.45) is 4.32. The van der Waals surface area contributed by atoms with Crippen LogP contribution in [0, 0.1) is 18.3 Å². The summed E-state index contributed by atoms with van der Waals surface area (Å²) < 4.78 is 7.92. The molecule has 3 aromatic rings. The Hall–Kier alpha value is -3.07. The summed E-state index contributed by atoms with van der Waals surface area (Å²) in [5.74, 6) is 2.32. The lowest BCUT2D eigenvalue weighted by Gasteiger charge is -2.08. The molecule has 0 saturated heterocycles. The number of hydrogen-bond acceptors (Lipinski definition) is 4. The summed E-state index contributed by atoms with van der Waals surface area (Å²) in [7, 11) is 0. The first-order valence-corrected chi connectivity index (χ1v) is 7.43. The molecule has 1 N–H and O–H groups in total. The van der Waals surface area contributed by atoms with Gasteiger partial charge < -0.3 is 9.72 Å². The van der Waals surface area contributed by atoms with Gasteiger partial charge in [-0.1, -0.05) is 6.92 Å². The monoisotopic (exact) mass is 307 g/mol. The lowest BCUT2D eigenvalue weighted by Crippen LogP contribution is -2.07. The van der Waals surface area contributed by atoms with Crippen molar-refractivity contribution in [1.82, 2.24) is 19.7 Å². The van der Waals surface area contributed by atoms with Crippen molar-refractivity contribution in [2.75, 3.05) is 0 Å². The SMILES string of the molecule is CCc1c(Oc2ccc(C#N)cc2)c(C)nn1Cc1ncc[nH]1. The molecule has 2 heterocycles. The minimum absolute atomic E-state index is 0.577. The minimum Gasteiger partial charge on any atom is -0.453 e. The van der Waals surface area contributed by atoms with Crippen LogP contribution in [0.5, 0.6) is 11.5 Å². The fourth-order valence-electron chi connectivity index (χ4n) is 2.46. The van der Waals surface area contributed by atoms with Crippen molar-refractivity contribution in [2.45, 2.75) is 26.8 Å². The normalized spacial score (nSPS) is 10.5. The highest BCUT2D eigenvalue weighted by Gasteiger charge is 2.16. The third-order valence-electron chi connectivity index (χ3n) is 3.57. The first-order chi connectivity index (χ1) is 11.2. The van der Waals surface area contributed by atoms with E-state index in [1.165, 1.54) is 0 Å². The summed E-state index contributed by atoms with van der Waals surface area (Å²) in [6, 6.07) is 9.16. The zero-order valence-electron chi connectivity index (χ0n) is 13.1. The van der Waals surface area contributed by atoms with Crippen molar-refractivity contribution in [3.8, 4) is 17.6 Å². The van der Waals surface area contributed by atoms with Crippen LogP contribution in [0.15, 0.2) is 36.7 Å². The molecule has 6 nitrogen and oxygen atoms in total. The number of rotatable bonds is 5. The van der Waals surface area contributed by atoms with E-state index >= 15 is 0 Å². The Morgan fingerprint density at radius 1 is 1.30 bits per heavy atom. The average molecular weight is 307 g/mol. The maximum Gasteiger partial charge on any atom is 0.171 e. The number of aromatic nitrogens is 4. The number of H-pyrrole nitrogens is 1. The first kappa shape index (κ1) is 14.9. The number of benzene rings is 1. The number of nitriles is 1. The number of nitrogens with zero attached hydrogens (tertiary/aromatic N) is 4. The van der Waals surface area contributed by atoms with Gasteiger partial charge in [-0.3, -0.25) is 4.68 Å². The van der Waals surface area contributed by atoms with E-state index in [4.69, 9.17) is 10.00 Å². The topological polar surface area (TPSA) is 79.5 Å². The van der Waals surface area contributed by atoms with Gasteiger partial charge in [-0.05, 0) is 37.6 Å². The molecule has 0 saturated carbocycles. The lowest BCUT2D eigenvalue weighted by molar-refractivity contribution is 0.470. The molecule has 0 radical (unpaired) electrons. The molecule has 1 aromatic carbocycles. The van der Waals surface area contributed by atoms with Gasteiger partial charge in [0.15, 0.2) is 5.75 Å². The summed E-state index contributed by atoms with van der Waals surface area (Å²) in [6.45, 7) is 4.57. The number of aryl methyl sites for hydroxylation is 1. The van der Waals surface area contributed by atoms with Gasteiger partial charge in [0.05, 0.1) is 23.9 Å². The third-order valence-corrected chi connectivity index (χ3v) is 3.57. The van der Waals surface area contributed by atoms with Crippen molar-refractivity contribution in [2.24, 2.45) is 0 Å². The van der Waals surface area contributed by atoms with Crippen LogP contribution in [0.2, 0.25) is 0 Å². The molecule has 6 heteroatoms. The first-order valence-electron chi connectivity index (χ1n) is 7.43. The van der Waals surface area contributed by atoms with E-state index in [1.807, 2.05) is 11.6 Å². The van der Waals surface area contributed by atoms with Crippen LogP contribution >= 0.6 is 0 Å². The molecule has 0 amide bonds. The molecule has 23 heavy (non-hydrogen) atoms. The molecule has 0 aliphatic rings. The average Bonchev–Trinajstić information content (AvgIpc) is 3.17. The van der Waals surface area contributed by atoms with Gasteiger partial charge in [0.2, 0.25) is 0 Å².